The maximum atomic E-state index is 14.5. The molecule has 6 nitrogen and oxygen atoms in total. The molecule has 0 atom stereocenters. The number of nitrogens with one attached hydrogen (secondary N) is 2. The van der Waals surface area contributed by atoms with Crippen molar-refractivity contribution in [3.05, 3.63) is 58.9 Å². The highest BCUT2D eigenvalue weighted by Crippen LogP contribution is 2.31. The lowest BCUT2D eigenvalue weighted by Crippen LogP contribution is -2.67. The Morgan fingerprint density at radius 2 is 1.84 bits per heavy atom. The van der Waals surface area contributed by atoms with E-state index in [0.717, 1.165) is 12.1 Å². The number of carbonyl (C=O) groups excluding carboxylic acids is 1. The molecule has 1 aliphatic heterocycles. The van der Waals surface area contributed by atoms with E-state index in [0.29, 0.717) is 18.7 Å². The molecule has 0 radical (unpaired) electrons. The molecule has 0 aliphatic carbocycles. The van der Waals surface area contributed by atoms with Gasteiger partial charge in [0.05, 0.1) is 36.6 Å². The van der Waals surface area contributed by atoms with Crippen LogP contribution in [-0.4, -0.2) is 61.4 Å². The molecule has 1 heterocycles. The van der Waals surface area contributed by atoms with Gasteiger partial charge in [0.2, 0.25) is 0 Å². The molecule has 1 saturated heterocycles. The van der Waals surface area contributed by atoms with Crippen LogP contribution in [0.15, 0.2) is 30.3 Å². The zero-order chi connectivity index (χ0) is 23.9. The first-order chi connectivity index (χ1) is 15.2. The Balaban J connectivity index is 0.00000176. The molecule has 1 aliphatic rings. The summed E-state index contributed by atoms with van der Waals surface area (Å²) in [6.45, 7) is 7.05. The number of β-amino-alcohol motifs (C(OH)–C–C–N with tert-alkyl or cyclic N) is 1. The molecule has 1 fully saturated rings. The second-order valence-electron chi connectivity index (χ2n) is 7.45. The Morgan fingerprint density at radius 3 is 2.47 bits per heavy atom. The fourth-order valence-corrected chi connectivity index (χ4v) is 3.29. The van der Waals surface area contributed by atoms with Gasteiger partial charge in [-0.25, -0.2) is 13.2 Å². The minimum absolute atomic E-state index is 0.0309. The number of nitrogens with zero attached hydrogens (tertiary/aromatic N) is 1. The molecule has 176 valence electrons. The summed E-state index contributed by atoms with van der Waals surface area (Å²) in [4.78, 5) is 14.2. The lowest BCUT2D eigenvalue weighted by molar-refractivity contribution is -0.0788. The van der Waals surface area contributed by atoms with Gasteiger partial charge in [0, 0.05) is 20.2 Å². The Bertz CT molecular complexity index is 934. The van der Waals surface area contributed by atoms with E-state index in [9.17, 15) is 23.1 Å². The van der Waals surface area contributed by atoms with Crippen LogP contribution in [0.2, 0.25) is 0 Å². The summed E-state index contributed by atoms with van der Waals surface area (Å²) in [5, 5.41) is 16.0. The molecule has 2 aromatic carbocycles. The van der Waals surface area contributed by atoms with E-state index in [1.54, 1.807) is 20.1 Å². The molecule has 0 spiro atoms. The average molecular weight is 454 g/mol. The summed E-state index contributed by atoms with van der Waals surface area (Å²) in [6.07, 6.45) is 0. The molecule has 0 saturated carbocycles. The molecule has 32 heavy (non-hydrogen) atoms. The van der Waals surface area contributed by atoms with Gasteiger partial charge in [-0.3, -0.25) is 4.79 Å². The van der Waals surface area contributed by atoms with Gasteiger partial charge < -0.3 is 25.4 Å². The van der Waals surface area contributed by atoms with Gasteiger partial charge in [0.1, 0.15) is 11.4 Å². The molecule has 2 aromatic rings. The van der Waals surface area contributed by atoms with Crippen molar-refractivity contribution in [2.24, 2.45) is 0 Å². The Hall–Kier alpha value is -2.62. The van der Waals surface area contributed by atoms with Crippen molar-refractivity contribution in [2.45, 2.75) is 26.4 Å². The smallest absolute Gasteiger partial charge is 0.256 e. The molecule has 9 heteroatoms. The maximum Gasteiger partial charge on any atom is 0.256 e. The standard InChI is InChI=1S/C21H24F3N3O3.C2H6/c1-13-3-6-17(16(23)9-13)26-19-14(4-5-15(22)18(19)24)20(28)27-11-21(29,12-27)10-25-7-8-30-2;1-2/h3-6,9,25-26,29H,7-8,10-12H2,1-2H3;1-2H3. The highest BCUT2D eigenvalue weighted by Gasteiger charge is 2.44. The minimum Gasteiger partial charge on any atom is -0.385 e. The van der Waals surface area contributed by atoms with Crippen molar-refractivity contribution in [1.82, 2.24) is 10.2 Å². The van der Waals surface area contributed by atoms with Gasteiger partial charge in [-0.05, 0) is 36.8 Å². The van der Waals surface area contributed by atoms with E-state index in [-0.39, 0.29) is 30.9 Å². The van der Waals surface area contributed by atoms with Crippen molar-refractivity contribution < 1.29 is 27.8 Å². The molecule has 0 bridgehead atoms. The number of aryl methyl sites for hydroxylation is 1. The van der Waals surface area contributed by atoms with E-state index < -0.39 is 34.6 Å². The topological polar surface area (TPSA) is 73.8 Å². The Kier molecular flexibility index (Phi) is 9.06. The lowest BCUT2D eigenvalue weighted by atomic mass is 9.92. The first-order valence-corrected chi connectivity index (χ1v) is 10.5. The first-order valence-electron chi connectivity index (χ1n) is 10.5. The monoisotopic (exact) mass is 453 g/mol. The number of benzene rings is 2. The fraction of sp³-hybridized carbons (Fsp3) is 0.435. The summed E-state index contributed by atoms with van der Waals surface area (Å²) in [7, 11) is 1.57. The third kappa shape index (κ3) is 5.99. The van der Waals surface area contributed by atoms with Crippen LogP contribution in [0.3, 0.4) is 0 Å². The quantitative estimate of drug-likeness (QED) is 0.533. The number of rotatable bonds is 8. The van der Waals surface area contributed by atoms with Crippen molar-refractivity contribution in [3.63, 3.8) is 0 Å². The van der Waals surface area contributed by atoms with E-state index in [1.165, 1.54) is 17.0 Å². The third-order valence-corrected chi connectivity index (χ3v) is 4.90. The summed E-state index contributed by atoms with van der Waals surface area (Å²) >= 11 is 0. The number of amides is 1. The van der Waals surface area contributed by atoms with E-state index in [4.69, 9.17) is 4.74 Å². The normalized spacial score (nSPS) is 14.3. The van der Waals surface area contributed by atoms with Crippen molar-refractivity contribution in [2.75, 3.05) is 45.2 Å². The highest BCUT2D eigenvalue weighted by atomic mass is 19.2. The number of anilines is 2. The minimum atomic E-state index is -1.28. The molecular weight excluding hydrogens is 423 g/mol. The summed E-state index contributed by atoms with van der Waals surface area (Å²) in [5.74, 6) is -3.69. The third-order valence-electron chi connectivity index (χ3n) is 4.90. The molecule has 0 unspecified atom stereocenters. The average Bonchev–Trinajstić information content (AvgIpc) is 2.75. The van der Waals surface area contributed by atoms with Crippen LogP contribution in [-0.2, 0) is 4.74 Å². The number of hydrogen-bond donors (Lipinski definition) is 3. The van der Waals surface area contributed by atoms with Gasteiger partial charge in [-0.2, -0.15) is 0 Å². The Labute approximate surface area is 186 Å². The number of likely N-dealkylation sites (tertiary alicyclic amines) is 1. The largest absolute Gasteiger partial charge is 0.385 e. The summed E-state index contributed by atoms with van der Waals surface area (Å²) < 4.78 is 47.4. The van der Waals surface area contributed by atoms with Crippen molar-refractivity contribution in [1.29, 1.82) is 0 Å². The van der Waals surface area contributed by atoms with Crippen LogP contribution in [0.1, 0.15) is 29.8 Å². The SMILES string of the molecule is CC.COCCNCC1(O)CN(C(=O)c2ccc(F)c(F)c2Nc2ccc(C)cc2F)C1. The van der Waals surface area contributed by atoms with Crippen LogP contribution in [0.25, 0.3) is 0 Å². The number of halogens is 3. The van der Waals surface area contributed by atoms with Crippen molar-refractivity contribution in [3.8, 4) is 0 Å². The predicted octanol–water partition coefficient (Wildman–Crippen LogP) is 3.61. The number of ether oxygens (including phenoxy) is 1. The van der Waals surface area contributed by atoms with Crippen molar-refractivity contribution >= 4 is 17.3 Å². The van der Waals surface area contributed by atoms with Gasteiger partial charge in [0.15, 0.2) is 11.6 Å². The fourth-order valence-electron chi connectivity index (χ4n) is 3.29. The molecule has 1 amide bonds. The molecular formula is C23H30F3N3O3. The highest BCUT2D eigenvalue weighted by molar-refractivity contribution is 6.01. The second kappa shape index (κ2) is 11.3. The van der Waals surface area contributed by atoms with Gasteiger partial charge in [0.25, 0.3) is 5.91 Å². The maximum absolute atomic E-state index is 14.5. The predicted molar refractivity (Wildman–Crippen MR) is 118 cm³/mol. The molecule has 3 N–H and O–H groups in total. The van der Waals surface area contributed by atoms with Gasteiger partial charge in [-0.15, -0.1) is 0 Å². The molecule has 0 aromatic heterocycles. The van der Waals surface area contributed by atoms with E-state index >= 15 is 0 Å². The van der Waals surface area contributed by atoms with Crippen LogP contribution < -0.4 is 10.6 Å². The first kappa shape index (κ1) is 25.6. The zero-order valence-electron chi connectivity index (χ0n) is 18.8. The summed E-state index contributed by atoms with van der Waals surface area (Å²) in [5.41, 5.74) is -1.13. The second-order valence-corrected chi connectivity index (χ2v) is 7.45. The Morgan fingerprint density at radius 1 is 1.16 bits per heavy atom. The van der Waals surface area contributed by atoms with Crippen LogP contribution >= 0.6 is 0 Å². The van der Waals surface area contributed by atoms with Crippen LogP contribution in [0.4, 0.5) is 24.5 Å². The number of hydrogen-bond acceptors (Lipinski definition) is 5. The van der Waals surface area contributed by atoms with E-state index in [1.807, 2.05) is 13.8 Å². The van der Waals surface area contributed by atoms with Gasteiger partial charge in [-0.1, -0.05) is 19.9 Å². The van der Waals surface area contributed by atoms with Crippen LogP contribution in [0.5, 0.6) is 0 Å². The molecule has 3 rings (SSSR count). The van der Waals surface area contributed by atoms with Gasteiger partial charge >= 0.3 is 0 Å². The zero-order valence-corrected chi connectivity index (χ0v) is 18.8. The van der Waals surface area contributed by atoms with Crippen LogP contribution in [0, 0.1) is 24.4 Å². The number of methoxy groups -OCH3 is 1. The number of carbonyl (C=O) groups is 1. The number of aliphatic hydroxyl groups is 1. The summed E-state index contributed by atoms with van der Waals surface area (Å²) in [6, 6.07) is 6.22. The lowest BCUT2D eigenvalue weighted by Gasteiger charge is -2.46. The van der Waals surface area contributed by atoms with E-state index in [2.05, 4.69) is 10.6 Å².